The molecule has 9 heteroatoms. The number of hydrogen-bond acceptors (Lipinski definition) is 3. The Kier molecular flexibility index (Phi) is 10.1. The van der Waals surface area contributed by atoms with Crippen molar-refractivity contribution in [2.45, 2.75) is 12.5 Å². The average Bonchev–Trinajstić information content (AvgIpc) is 2.79. The van der Waals surface area contributed by atoms with E-state index in [1.165, 1.54) is 0 Å². The molecule has 2 aromatic rings. The second-order valence-corrected chi connectivity index (χ2v) is 6.94. The van der Waals surface area contributed by atoms with Crippen LogP contribution in [0.3, 0.4) is 0 Å². The Hall–Kier alpha value is -2.27. The Morgan fingerprint density at radius 2 is 1.84 bits per heavy atom. The van der Waals surface area contributed by atoms with E-state index >= 15 is 0 Å². The van der Waals surface area contributed by atoms with Crippen LogP contribution < -0.4 is 10.6 Å². The van der Waals surface area contributed by atoms with Crippen molar-refractivity contribution in [1.29, 1.82) is 0 Å². The van der Waals surface area contributed by atoms with Gasteiger partial charge in [0.05, 0.1) is 19.1 Å². The van der Waals surface area contributed by atoms with Crippen LogP contribution in [-0.4, -0.2) is 56.7 Å². The van der Waals surface area contributed by atoms with Gasteiger partial charge in [-0.1, -0.05) is 30.3 Å². The molecule has 0 spiro atoms. The fourth-order valence-electron chi connectivity index (χ4n) is 3.31. The zero-order chi connectivity index (χ0) is 21.3. The lowest BCUT2D eigenvalue weighted by atomic mass is 9.97. The normalized spacial score (nSPS) is 15.1. The number of ether oxygens (including phenoxy) is 1. The van der Waals surface area contributed by atoms with Gasteiger partial charge in [0.1, 0.15) is 11.6 Å². The predicted octanol–water partition coefficient (Wildman–Crippen LogP) is 2.89. The molecule has 0 aliphatic carbocycles. The number of aliphatic imine (C=N–C) groups is 1. The second-order valence-electron chi connectivity index (χ2n) is 6.94. The lowest BCUT2D eigenvalue weighted by molar-refractivity contribution is -0.136. The Bertz CT molecular complexity index is 877. The van der Waals surface area contributed by atoms with E-state index in [0.717, 1.165) is 23.8 Å². The first kappa shape index (κ1) is 25.0. The first-order chi connectivity index (χ1) is 14.6. The average molecular weight is 544 g/mol. The molecule has 1 unspecified atom stereocenters. The highest BCUT2D eigenvalue weighted by molar-refractivity contribution is 14.0. The molecule has 1 atom stereocenters. The van der Waals surface area contributed by atoms with E-state index in [9.17, 15) is 13.6 Å². The number of hydrogen-bond donors (Lipinski definition) is 2. The van der Waals surface area contributed by atoms with Gasteiger partial charge in [0, 0.05) is 38.8 Å². The monoisotopic (exact) mass is 544 g/mol. The minimum atomic E-state index is -0.503. The summed E-state index contributed by atoms with van der Waals surface area (Å²) < 4.78 is 32.6. The van der Waals surface area contributed by atoms with E-state index in [4.69, 9.17) is 4.74 Å². The molecule has 1 saturated heterocycles. The lowest BCUT2D eigenvalue weighted by Gasteiger charge is -2.31. The number of halogens is 3. The van der Waals surface area contributed by atoms with Gasteiger partial charge in [-0.3, -0.25) is 9.79 Å². The summed E-state index contributed by atoms with van der Waals surface area (Å²) in [6, 6.07) is 12.9. The van der Waals surface area contributed by atoms with Crippen molar-refractivity contribution in [3.05, 3.63) is 71.3 Å². The molecule has 2 aromatic carbocycles. The van der Waals surface area contributed by atoms with Gasteiger partial charge in [-0.25, -0.2) is 8.78 Å². The molecule has 6 nitrogen and oxygen atoms in total. The van der Waals surface area contributed by atoms with Crippen LogP contribution in [-0.2, 0) is 16.1 Å². The number of amides is 1. The highest BCUT2D eigenvalue weighted by atomic mass is 127. The fraction of sp³-hybridized carbons (Fsp3) is 0.364. The van der Waals surface area contributed by atoms with Gasteiger partial charge >= 0.3 is 0 Å². The van der Waals surface area contributed by atoms with Crippen molar-refractivity contribution in [3.63, 3.8) is 0 Å². The molecular weight excluding hydrogens is 517 g/mol. The van der Waals surface area contributed by atoms with Crippen molar-refractivity contribution >= 4 is 35.8 Å². The Balaban J connectivity index is 0.00000341. The van der Waals surface area contributed by atoms with E-state index in [1.54, 1.807) is 11.9 Å². The SMILES string of the molecule is CN=C(NCc1cc(F)ccc1F)NCC(C(=O)N1CCOCC1)c1ccccc1.I. The van der Waals surface area contributed by atoms with Crippen molar-refractivity contribution < 1.29 is 18.3 Å². The summed E-state index contributed by atoms with van der Waals surface area (Å²) in [6.45, 7) is 2.57. The molecule has 0 bridgehead atoms. The molecule has 168 valence electrons. The summed E-state index contributed by atoms with van der Waals surface area (Å²) in [7, 11) is 1.58. The highest BCUT2D eigenvalue weighted by Gasteiger charge is 2.27. The molecule has 1 fully saturated rings. The summed E-state index contributed by atoms with van der Waals surface area (Å²) >= 11 is 0. The molecule has 0 radical (unpaired) electrons. The number of guanidine groups is 1. The van der Waals surface area contributed by atoms with E-state index < -0.39 is 17.6 Å². The summed E-state index contributed by atoms with van der Waals surface area (Å²) in [5, 5.41) is 6.10. The summed E-state index contributed by atoms with van der Waals surface area (Å²) in [4.78, 5) is 19.1. The van der Waals surface area contributed by atoms with Crippen molar-refractivity contribution in [2.75, 3.05) is 39.9 Å². The van der Waals surface area contributed by atoms with Crippen molar-refractivity contribution in [3.8, 4) is 0 Å². The van der Waals surface area contributed by atoms with Crippen LogP contribution in [0.4, 0.5) is 8.78 Å². The smallest absolute Gasteiger partial charge is 0.232 e. The van der Waals surface area contributed by atoms with Gasteiger partial charge < -0.3 is 20.3 Å². The molecule has 31 heavy (non-hydrogen) atoms. The zero-order valence-electron chi connectivity index (χ0n) is 17.3. The number of carbonyl (C=O) groups excluding carboxylic acids is 1. The van der Waals surface area contributed by atoms with Crippen LogP contribution in [0, 0.1) is 11.6 Å². The third kappa shape index (κ3) is 7.13. The minimum Gasteiger partial charge on any atom is -0.378 e. The van der Waals surface area contributed by atoms with Gasteiger partial charge in [0.25, 0.3) is 0 Å². The number of rotatable bonds is 6. The third-order valence-electron chi connectivity index (χ3n) is 4.97. The molecule has 2 N–H and O–H groups in total. The molecule has 1 amide bonds. The number of nitrogens with zero attached hydrogens (tertiary/aromatic N) is 2. The lowest BCUT2D eigenvalue weighted by Crippen LogP contribution is -2.47. The first-order valence-corrected chi connectivity index (χ1v) is 9.88. The third-order valence-corrected chi connectivity index (χ3v) is 4.97. The fourth-order valence-corrected chi connectivity index (χ4v) is 3.31. The van der Waals surface area contributed by atoms with E-state index in [1.807, 2.05) is 30.3 Å². The maximum absolute atomic E-state index is 13.8. The topological polar surface area (TPSA) is 66.0 Å². The van der Waals surface area contributed by atoms with Gasteiger partial charge in [-0.2, -0.15) is 0 Å². The number of nitrogens with one attached hydrogen (secondary N) is 2. The quantitative estimate of drug-likeness (QED) is 0.334. The largest absolute Gasteiger partial charge is 0.378 e. The Morgan fingerprint density at radius 1 is 1.13 bits per heavy atom. The molecule has 0 saturated carbocycles. The molecular formula is C22H27F2IN4O2. The predicted molar refractivity (Wildman–Crippen MR) is 127 cm³/mol. The van der Waals surface area contributed by atoms with Gasteiger partial charge in [-0.05, 0) is 23.8 Å². The minimum absolute atomic E-state index is 0. The maximum Gasteiger partial charge on any atom is 0.232 e. The van der Waals surface area contributed by atoms with Gasteiger partial charge in [-0.15, -0.1) is 24.0 Å². The maximum atomic E-state index is 13.8. The van der Waals surface area contributed by atoms with E-state index in [-0.39, 0.29) is 42.0 Å². The zero-order valence-corrected chi connectivity index (χ0v) is 19.6. The van der Waals surface area contributed by atoms with Crippen LogP contribution >= 0.6 is 24.0 Å². The molecule has 1 aliphatic heterocycles. The summed E-state index contributed by atoms with van der Waals surface area (Å²) in [5.74, 6) is -0.993. The van der Waals surface area contributed by atoms with Gasteiger partial charge in [0.15, 0.2) is 5.96 Å². The highest BCUT2D eigenvalue weighted by Crippen LogP contribution is 2.19. The Labute approximate surface area is 198 Å². The van der Waals surface area contributed by atoms with Crippen LogP contribution in [0.1, 0.15) is 17.0 Å². The number of carbonyl (C=O) groups is 1. The van der Waals surface area contributed by atoms with Crippen molar-refractivity contribution in [2.24, 2.45) is 4.99 Å². The molecule has 1 heterocycles. The molecule has 3 rings (SSSR count). The number of morpholine rings is 1. The van der Waals surface area contributed by atoms with Gasteiger partial charge in [0.2, 0.25) is 5.91 Å². The van der Waals surface area contributed by atoms with Crippen LogP contribution in [0.5, 0.6) is 0 Å². The number of benzene rings is 2. The van der Waals surface area contributed by atoms with Crippen LogP contribution in [0.15, 0.2) is 53.5 Å². The van der Waals surface area contributed by atoms with Crippen LogP contribution in [0.25, 0.3) is 0 Å². The molecule has 1 aliphatic rings. The second kappa shape index (κ2) is 12.6. The van der Waals surface area contributed by atoms with Crippen LogP contribution in [0.2, 0.25) is 0 Å². The Morgan fingerprint density at radius 3 is 2.52 bits per heavy atom. The van der Waals surface area contributed by atoms with E-state index in [0.29, 0.717) is 38.8 Å². The van der Waals surface area contributed by atoms with Crippen molar-refractivity contribution in [1.82, 2.24) is 15.5 Å². The summed E-state index contributed by atoms with van der Waals surface area (Å²) in [5.41, 5.74) is 1.09. The van der Waals surface area contributed by atoms with E-state index in [2.05, 4.69) is 15.6 Å². The summed E-state index contributed by atoms with van der Waals surface area (Å²) in [6.07, 6.45) is 0. The first-order valence-electron chi connectivity index (χ1n) is 9.88. The molecule has 0 aromatic heterocycles. The standard InChI is InChI=1S/C22H26F2N4O2.HI/c1-25-22(26-14-17-13-18(23)7-8-20(17)24)27-15-19(16-5-3-2-4-6-16)21(29)28-9-11-30-12-10-28;/h2-8,13,19H,9-12,14-15H2,1H3,(H2,25,26,27);1H.